The van der Waals surface area contributed by atoms with Gasteiger partial charge in [0.05, 0.1) is 24.6 Å². The smallest absolute Gasteiger partial charge is 0.156 e. The summed E-state index contributed by atoms with van der Waals surface area (Å²) in [5, 5.41) is 11.7. The number of rotatable bonds is 2. The Balaban J connectivity index is 1.79. The van der Waals surface area contributed by atoms with Gasteiger partial charge in [-0.15, -0.1) is 11.3 Å². The largest absolute Gasteiger partial charge is 0.383 e. The molecule has 3 rings (SSSR count). The fraction of sp³-hybridized carbons (Fsp3) is 0.417. The summed E-state index contributed by atoms with van der Waals surface area (Å²) in [5.74, 6) is 1.22. The van der Waals surface area contributed by atoms with Gasteiger partial charge in [-0.1, -0.05) is 0 Å². The summed E-state index contributed by atoms with van der Waals surface area (Å²) >= 11 is 1.56. The number of morpholine rings is 1. The molecule has 1 saturated heterocycles. The van der Waals surface area contributed by atoms with Crippen molar-refractivity contribution in [1.29, 1.82) is 5.26 Å². The molecule has 19 heavy (non-hydrogen) atoms. The third-order valence-corrected chi connectivity index (χ3v) is 3.87. The van der Waals surface area contributed by atoms with Crippen LogP contribution in [0.15, 0.2) is 11.4 Å². The Kier molecular flexibility index (Phi) is 3.29. The molecule has 1 aliphatic rings. The summed E-state index contributed by atoms with van der Waals surface area (Å²) in [5.41, 5.74) is 5.92. The molecular weight excluding hydrogens is 262 g/mol. The summed E-state index contributed by atoms with van der Waals surface area (Å²) < 4.78 is 5.31. The van der Waals surface area contributed by atoms with Gasteiger partial charge in [-0.3, -0.25) is 4.90 Å². The van der Waals surface area contributed by atoms with Crippen LogP contribution in [-0.4, -0.2) is 40.7 Å². The lowest BCUT2D eigenvalue weighted by Gasteiger charge is -2.28. The normalized spacial score (nSPS) is 20.5. The summed E-state index contributed by atoms with van der Waals surface area (Å²) in [6.07, 6.45) is -0.364. The van der Waals surface area contributed by atoms with Gasteiger partial charge in [0.15, 0.2) is 6.10 Å². The van der Waals surface area contributed by atoms with Crippen molar-refractivity contribution in [2.75, 3.05) is 25.4 Å². The predicted molar refractivity (Wildman–Crippen MR) is 72.5 cm³/mol. The monoisotopic (exact) mass is 275 g/mol. The Bertz CT molecular complexity index is 635. The number of hydrogen-bond donors (Lipinski definition) is 1. The fourth-order valence-corrected chi connectivity index (χ4v) is 2.91. The van der Waals surface area contributed by atoms with Crippen molar-refractivity contribution in [2.45, 2.75) is 12.6 Å². The third kappa shape index (κ3) is 2.51. The van der Waals surface area contributed by atoms with Crippen LogP contribution in [-0.2, 0) is 11.3 Å². The molecule has 1 unspecified atom stereocenters. The second kappa shape index (κ2) is 5.09. The number of ether oxygens (including phenoxy) is 1. The van der Waals surface area contributed by atoms with E-state index in [1.165, 1.54) is 0 Å². The summed E-state index contributed by atoms with van der Waals surface area (Å²) in [7, 11) is 0. The van der Waals surface area contributed by atoms with E-state index in [-0.39, 0.29) is 6.10 Å². The van der Waals surface area contributed by atoms with Crippen molar-refractivity contribution in [3.05, 3.63) is 17.3 Å². The Morgan fingerprint density at radius 3 is 3.32 bits per heavy atom. The molecule has 3 heterocycles. The van der Waals surface area contributed by atoms with Gasteiger partial charge < -0.3 is 10.5 Å². The molecule has 0 radical (unpaired) electrons. The Morgan fingerprint density at radius 1 is 1.58 bits per heavy atom. The molecule has 0 spiro atoms. The van der Waals surface area contributed by atoms with Crippen molar-refractivity contribution in [3.63, 3.8) is 0 Å². The molecule has 1 aliphatic heterocycles. The maximum atomic E-state index is 8.88. The molecule has 0 bridgehead atoms. The zero-order valence-corrected chi connectivity index (χ0v) is 11.1. The standard InChI is InChI=1S/C12H13N5OS/c13-5-8-6-17(2-3-18-8)7-10-15-11(14)9-1-4-19-12(9)16-10/h1,4,8H,2-3,6-7H2,(H2,14,15,16). The zero-order chi connectivity index (χ0) is 13.2. The Labute approximate surface area is 114 Å². The van der Waals surface area contributed by atoms with Crippen LogP contribution in [0.3, 0.4) is 0 Å². The highest BCUT2D eigenvalue weighted by Crippen LogP contribution is 2.23. The number of hydrogen-bond acceptors (Lipinski definition) is 7. The predicted octanol–water partition coefficient (Wildman–Crippen LogP) is 0.998. The number of anilines is 1. The minimum Gasteiger partial charge on any atom is -0.383 e. The molecule has 0 saturated carbocycles. The van der Waals surface area contributed by atoms with E-state index in [0.29, 0.717) is 31.3 Å². The van der Waals surface area contributed by atoms with E-state index in [1.54, 1.807) is 11.3 Å². The van der Waals surface area contributed by atoms with Gasteiger partial charge in [-0.25, -0.2) is 9.97 Å². The first kappa shape index (κ1) is 12.3. The molecule has 0 aliphatic carbocycles. The average Bonchev–Trinajstić information content (AvgIpc) is 2.88. The first-order chi connectivity index (χ1) is 9.26. The molecule has 2 aromatic rings. The van der Waals surface area contributed by atoms with Gasteiger partial charge in [0.1, 0.15) is 16.5 Å². The fourth-order valence-electron chi connectivity index (χ4n) is 2.12. The van der Waals surface area contributed by atoms with E-state index in [9.17, 15) is 0 Å². The van der Waals surface area contributed by atoms with E-state index in [2.05, 4.69) is 20.9 Å². The van der Waals surface area contributed by atoms with Crippen LogP contribution in [0, 0.1) is 11.3 Å². The van der Waals surface area contributed by atoms with Crippen LogP contribution in [0.4, 0.5) is 5.82 Å². The Hall–Kier alpha value is -1.75. The molecule has 7 heteroatoms. The van der Waals surface area contributed by atoms with Crippen molar-refractivity contribution >= 4 is 27.4 Å². The third-order valence-electron chi connectivity index (χ3n) is 3.06. The van der Waals surface area contributed by atoms with Crippen LogP contribution < -0.4 is 5.73 Å². The van der Waals surface area contributed by atoms with Crippen molar-refractivity contribution in [1.82, 2.24) is 14.9 Å². The summed E-state index contributed by atoms with van der Waals surface area (Å²) in [4.78, 5) is 11.9. The topological polar surface area (TPSA) is 88.1 Å². The van der Waals surface area contributed by atoms with Gasteiger partial charge in [0.2, 0.25) is 0 Å². The lowest BCUT2D eigenvalue weighted by molar-refractivity contribution is -0.00353. The summed E-state index contributed by atoms with van der Waals surface area (Å²) in [6.45, 7) is 2.53. The van der Waals surface area contributed by atoms with E-state index in [0.717, 1.165) is 16.8 Å². The number of nitriles is 1. The maximum Gasteiger partial charge on any atom is 0.156 e. The number of thiophene rings is 1. The number of nitrogens with zero attached hydrogens (tertiary/aromatic N) is 4. The number of nitrogens with two attached hydrogens (primary N) is 1. The van der Waals surface area contributed by atoms with Gasteiger partial charge in [-0.05, 0) is 11.4 Å². The highest BCUT2D eigenvalue weighted by atomic mass is 32.1. The van der Waals surface area contributed by atoms with Gasteiger partial charge in [-0.2, -0.15) is 5.26 Å². The number of nitrogen functional groups attached to an aromatic ring is 1. The van der Waals surface area contributed by atoms with Crippen molar-refractivity contribution < 1.29 is 4.74 Å². The zero-order valence-electron chi connectivity index (χ0n) is 10.2. The minimum atomic E-state index is -0.364. The quantitative estimate of drug-likeness (QED) is 0.879. The minimum absolute atomic E-state index is 0.364. The van der Waals surface area contributed by atoms with Gasteiger partial charge in [0, 0.05) is 13.1 Å². The lowest BCUT2D eigenvalue weighted by Crippen LogP contribution is -2.41. The first-order valence-electron chi connectivity index (χ1n) is 5.99. The molecule has 1 atom stereocenters. The molecule has 6 nitrogen and oxygen atoms in total. The van der Waals surface area contributed by atoms with E-state index in [1.807, 2.05) is 11.4 Å². The van der Waals surface area contributed by atoms with Crippen molar-refractivity contribution in [2.24, 2.45) is 0 Å². The van der Waals surface area contributed by atoms with Crippen molar-refractivity contribution in [3.8, 4) is 6.07 Å². The van der Waals surface area contributed by atoms with Gasteiger partial charge >= 0.3 is 0 Å². The molecule has 2 aromatic heterocycles. The van der Waals surface area contributed by atoms with Gasteiger partial charge in [0.25, 0.3) is 0 Å². The molecular formula is C12H13N5OS. The molecule has 98 valence electrons. The average molecular weight is 275 g/mol. The Morgan fingerprint density at radius 2 is 2.47 bits per heavy atom. The second-order valence-corrected chi connectivity index (χ2v) is 5.28. The first-order valence-corrected chi connectivity index (χ1v) is 6.87. The second-order valence-electron chi connectivity index (χ2n) is 4.39. The van der Waals surface area contributed by atoms with Crippen LogP contribution in [0.25, 0.3) is 10.2 Å². The highest BCUT2D eigenvalue weighted by molar-refractivity contribution is 7.16. The SMILES string of the molecule is N#CC1CN(Cc2nc(N)c3ccsc3n2)CCO1. The van der Waals surface area contributed by atoms with Crippen LogP contribution >= 0.6 is 11.3 Å². The molecule has 2 N–H and O–H groups in total. The van der Waals surface area contributed by atoms with E-state index < -0.39 is 0 Å². The van der Waals surface area contributed by atoms with E-state index in [4.69, 9.17) is 15.7 Å². The van der Waals surface area contributed by atoms with Crippen LogP contribution in [0.1, 0.15) is 5.82 Å². The van der Waals surface area contributed by atoms with E-state index >= 15 is 0 Å². The van der Waals surface area contributed by atoms with Crippen LogP contribution in [0.5, 0.6) is 0 Å². The molecule has 0 amide bonds. The van der Waals surface area contributed by atoms with Crippen LogP contribution in [0.2, 0.25) is 0 Å². The molecule has 0 aromatic carbocycles. The lowest BCUT2D eigenvalue weighted by atomic mass is 10.3. The molecule has 1 fully saturated rings. The summed E-state index contributed by atoms with van der Waals surface area (Å²) in [6, 6.07) is 4.06. The number of aromatic nitrogens is 2. The highest BCUT2D eigenvalue weighted by Gasteiger charge is 2.21. The number of fused-ring (bicyclic) bond motifs is 1. The maximum absolute atomic E-state index is 8.88.